The van der Waals surface area contributed by atoms with Gasteiger partial charge in [-0.05, 0) is 24.5 Å². The molecule has 0 fully saturated rings. The number of ether oxygens (including phenoxy) is 1. The van der Waals surface area contributed by atoms with Gasteiger partial charge in [0.2, 0.25) is 5.95 Å². The van der Waals surface area contributed by atoms with E-state index in [1.54, 1.807) is 31.9 Å². The van der Waals surface area contributed by atoms with Crippen molar-refractivity contribution in [1.82, 2.24) is 35.1 Å². The van der Waals surface area contributed by atoms with Gasteiger partial charge in [0.05, 0.1) is 30.1 Å². The van der Waals surface area contributed by atoms with E-state index in [1.165, 1.54) is 0 Å². The Balaban J connectivity index is 1.59. The minimum absolute atomic E-state index is 0.156. The van der Waals surface area contributed by atoms with Crippen LogP contribution in [0.4, 0.5) is 11.8 Å². The quantitative estimate of drug-likeness (QED) is 0.381. The van der Waals surface area contributed by atoms with Gasteiger partial charge in [-0.15, -0.1) is 0 Å². The Hall–Kier alpha value is -3.99. The molecule has 11 nitrogen and oxygen atoms in total. The van der Waals surface area contributed by atoms with Gasteiger partial charge in [-0.25, -0.2) is 19.9 Å². The molecule has 0 saturated heterocycles. The van der Waals surface area contributed by atoms with Gasteiger partial charge >= 0.3 is 0 Å². The predicted octanol–water partition coefficient (Wildman–Crippen LogP) is 3.01. The normalized spacial score (nSPS) is 13.1. The van der Waals surface area contributed by atoms with Crippen LogP contribution >= 0.6 is 0 Å². The number of methoxy groups -OCH3 is 1. The first kappa shape index (κ1) is 24.1. The summed E-state index contributed by atoms with van der Waals surface area (Å²) in [5.74, 6) is 1.98. The molecule has 0 spiro atoms. The van der Waals surface area contributed by atoms with Gasteiger partial charge in [0.25, 0.3) is 5.89 Å². The average Bonchev–Trinajstić information content (AvgIpc) is 3.38. The van der Waals surface area contributed by atoms with E-state index >= 15 is 0 Å². The van der Waals surface area contributed by atoms with Crippen molar-refractivity contribution in [1.29, 1.82) is 0 Å². The van der Waals surface area contributed by atoms with Crippen LogP contribution in [0.3, 0.4) is 0 Å². The zero-order chi connectivity index (χ0) is 25.0. The summed E-state index contributed by atoms with van der Waals surface area (Å²) < 4.78 is 10.7. The first-order valence-corrected chi connectivity index (χ1v) is 11.2. The number of likely N-dealkylation sites (N-methyl/N-ethyl adjacent to an activating group) is 1. The van der Waals surface area contributed by atoms with E-state index < -0.39 is 5.41 Å². The fourth-order valence-corrected chi connectivity index (χ4v) is 3.57. The molecule has 0 amide bonds. The van der Waals surface area contributed by atoms with Crippen molar-refractivity contribution in [3.05, 3.63) is 54.5 Å². The Labute approximate surface area is 203 Å². The summed E-state index contributed by atoms with van der Waals surface area (Å²) in [6.07, 6.45) is 8.44. The van der Waals surface area contributed by atoms with Gasteiger partial charge < -0.3 is 19.9 Å². The molecule has 11 heteroatoms. The summed E-state index contributed by atoms with van der Waals surface area (Å²) in [4.78, 5) is 28.3. The number of pyridine rings is 1. The zero-order valence-electron chi connectivity index (χ0n) is 20.5. The third kappa shape index (κ3) is 4.94. The lowest BCUT2D eigenvalue weighted by Crippen LogP contribution is -2.31. The number of nitrogens with zero attached hydrogens (tertiary/aromatic N) is 8. The molecular weight excluding hydrogens is 446 g/mol. The molecule has 4 heterocycles. The van der Waals surface area contributed by atoms with Crippen LogP contribution in [-0.2, 0) is 10.2 Å². The van der Waals surface area contributed by atoms with Crippen LogP contribution < -0.4 is 10.6 Å². The average molecular weight is 476 g/mol. The number of hydrogen-bond acceptors (Lipinski definition) is 11. The Kier molecular flexibility index (Phi) is 6.97. The first-order chi connectivity index (χ1) is 16.8. The number of rotatable bonds is 9. The highest BCUT2D eigenvalue weighted by Crippen LogP contribution is 2.38. The summed E-state index contributed by atoms with van der Waals surface area (Å²) in [6, 6.07) is 3.94. The zero-order valence-corrected chi connectivity index (χ0v) is 20.5. The minimum Gasteiger partial charge on any atom is -0.383 e. The van der Waals surface area contributed by atoms with E-state index in [0.29, 0.717) is 30.6 Å². The van der Waals surface area contributed by atoms with Crippen molar-refractivity contribution in [3.8, 4) is 22.8 Å². The van der Waals surface area contributed by atoms with Crippen molar-refractivity contribution < 1.29 is 9.26 Å². The maximum atomic E-state index is 5.59. The molecule has 0 bridgehead atoms. The summed E-state index contributed by atoms with van der Waals surface area (Å²) in [5.41, 5.74) is 8.05. The number of nitrogen functional groups attached to an aromatic ring is 1. The second kappa shape index (κ2) is 10.1. The summed E-state index contributed by atoms with van der Waals surface area (Å²) in [6.45, 7) is 7.61. The van der Waals surface area contributed by atoms with Crippen LogP contribution in [0.2, 0.25) is 0 Å². The summed E-state index contributed by atoms with van der Waals surface area (Å²) in [5, 5.41) is 4.31. The van der Waals surface area contributed by atoms with E-state index in [2.05, 4.69) is 55.8 Å². The highest BCUT2D eigenvalue weighted by atomic mass is 16.5. The number of aromatic nitrogens is 7. The van der Waals surface area contributed by atoms with E-state index in [0.717, 1.165) is 22.6 Å². The number of nitrogens with two attached hydrogens (primary N) is 1. The SMILES string of the molecule is COCCN(C)c1cnc(-c2nc(C(C)(c3ccc(-c4cnc(N)nc4)nc3)C(C)C)no2)cn1. The van der Waals surface area contributed by atoms with E-state index in [9.17, 15) is 0 Å². The lowest BCUT2D eigenvalue weighted by Gasteiger charge is -2.30. The molecule has 4 rings (SSSR count). The third-order valence-electron chi connectivity index (χ3n) is 6.26. The van der Waals surface area contributed by atoms with Crippen LogP contribution in [0, 0.1) is 5.92 Å². The van der Waals surface area contributed by atoms with Gasteiger partial charge in [0, 0.05) is 44.9 Å². The molecule has 35 heavy (non-hydrogen) atoms. The Bertz CT molecular complexity index is 1240. The van der Waals surface area contributed by atoms with Gasteiger partial charge in [-0.2, -0.15) is 4.98 Å². The van der Waals surface area contributed by atoms with Gasteiger partial charge in [-0.3, -0.25) is 4.98 Å². The van der Waals surface area contributed by atoms with E-state index in [4.69, 9.17) is 15.0 Å². The van der Waals surface area contributed by atoms with E-state index in [-0.39, 0.29) is 11.9 Å². The molecule has 4 aromatic heterocycles. The number of hydrogen-bond donors (Lipinski definition) is 1. The van der Waals surface area contributed by atoms with Gasteiger partial charge in [-0.1, -0.05) is 25.1 Å². The van der Waals surface area contributed by atoms with Crippen molar-refractivity contribution in [2.45, 2.75) is 26.2 Å². The Morgan fingerprint density at radius 3 is 2.34 bits per heavy atom. The molecule has 182 valence electrons. The highest BCUT2D eigenvalue weighted by molar-refractivity contribution is 5.57. The molecule has 2 N–H and O–H groups in total. The molecule has 0 aliphatic heterocycles. The van der Waals surface area contributed by atoms with Crippen LogP contribution in [-0.4, -0.2) is 62.4 Å². The van der Waals surface area contributed by atoms with Gasteiger partial charge in [0.1, 0.15) is 11.5 Å². The second-order valence-electron chi connectivity index (χ2n) is 8.72. The maximum absolute atomic E-state index is 5.59. The highest BCUT2D eigenvalue weighted by Gasteiger charge is 2.38. The molecule has 4 aromatic rings. The van der Waals surface area contributed by atoms with Crippen LogP contribution in [0.5, 0.6) is 0 Å². The molecule has 0 saturated carbocycles. The van der Waals surface area contributed by atoms with Crippen LogP contribution in [0.25, 0.3) is 22.8 Å². The van der Waals surface area contributed by atoms with Crippen LogP contribution in [0.1, 0.15) is 32.2 Å². The van der Waals surface area contributed by atoms with Crippen molar-refractivity contribution >= 4 is 11.8 Å². The third-order valence-corrected chi connectivity index (χ3v) is 6.26. The molecule has 0 aliphatic carbocycles. The summed E-state index contributed by atoms with van der Waals surface area (Å²) in [7, 11) is 3.60. The molecule has 1 unspecified atom stereocenters. The van der Waals surface area contributed by atoms with Crippen molar-refractivity contribution in [2.24, 2.45) is 5.92 Å². The second-order valence-corrected chi connectivity index (χ2v) is 8.72. The molecule has 0 aliphatic rings. The molecule has 1 atom stereocenters. The maximum Gasteiger partial charge on any atom is 0.278 e. The lowest BCUT2D eigenvalue weighted by atomic mass is 9.73. The lowest BCUT2D eigenvalue weighted by molar-refractivity contribution is 0.206. The number of anilines is 2. The van der Waals surface area contributed by atoms with Crippen LogP contribution in [0.15, 0.2) is 47.6 Å². The van der Waals surface area contributed by atoms with E-state index in [1.807, 2.05) is 30.3 Å². The molecule has 0 aromatic carbocycles. The standard InChI is InChI=1S/C24H29N9O2/c1-15(2)24(3,17-6-7-18(26-12-17)16-10-29-23(25)30-11-16)22-31-21(35-32-22)19-13-28-20(14-27-19)33(4)8-9-34-5/h6-7,10-15H,8-9H2,1-5H3,(H2,25,29,30). The molecule has 0 radical (unpaired) electrons. The first-order valence-electron chi connectivity index (χ1n) is 11.2. The Morgan fingerprint density at radius 2 is 1.74 bits per heavy atom. The molecular formula is C24H29N9O2. The largest absolute Gasteiger partial charge is 0.383 e. The van der Waals surface area contributed by atoms with Crippen molar-refractivity contribution in [2.75, 3.05) is 37.9 Å². The smallest absolute Gasteiger partial charge is 0.278 e. The monoisotopic (exact) mass is 475 g/mol. The predicted molar refractivity (Wildman–Crippen MR) is 131 cm³/mol. The topological polar surface area (TPSA) is 142 Å². The fourth-order valence-electron chi connectivity index (χ4n) is 3.57. The minimum atomic E-state index is -0.543. The van der Waals surface area contributed by atoms with Crippen molar-refractivity contribution in [3.63, 3.8) is 0 Å². The van der Waals surface area contributed by atoms with Gasteiger partial charge in [0.15, 0.2) is 5.82 Å². The summed E-state index contributed by atoms with van der Waals surface area (Å²) >= 11 is 0. The fraction of sp³-hybridized carbons (Fsp3) is 0.375. The Morgan fingerprint density at radius 1 is 1.00 bits per heavy atom.